The summed E-state index contributed by atoms with van der Waals surface area (Å²) >= 11 is 0. The van der Waals surface area contributed by atoms with E-state index in [1.807, 2.05) is 0 Å². The summed E-state index contributed by atoms with van der Waals surface area (Å²) in [5, 5.41) is 3.47. The largest absolute Gasteiger partial charge is 0.310 e. The van der Waals surface area contributed by atoms with Crippen molar-refractivity contribution in [2.45, 2.75) is 50.1 Å². The van der Waals surface area contributed by atoms with Gasteiger partial charge in [0.1, 0.15) is 5.82 Å². The van der Waals surface area contributed by atoms with Crippen molar-refractivity contribution in [3.05, 3.63) is 29.1 Å². The molecule has 6 heteroatoms. The van der Waals surface area contributed by atoms with E-state index >= 15 is 0 Å². The zero-order valence-electron chi connectivity index (χ0n) is 12.4. The van der Waals surface area contributed by atoms with Crippen LogP contribution in [0.25, 0.3) is 0 Å². The van der Waals surface area contributed by atoms with Crippen molar-refractivity contribution in [3.63, 3.8) is 0 Å². The fourth-order valence-electron chi connectivity index (χ4n) is 3.33. The predicted octanol–water partition coefficient (Wildman–Crippen LogP) is 1.96. The highest BCUT2D eigenvalue weighted by Gasteiger charge is 2.35. The normalized spacial score (nSPS) is 26.8. The van der Waals surface area contributed by atoms with Crippen LogP contribution in [-0.2, 0) is 10.0 Å². The van der Waals surface area contributed by atoms with Crippen molar-refractivity contribution in [3.8, 4) is 0 Å². The molecule has 2 fully saturated rings. The molecule has 1 N–H and O–H groups in total. The van der Waals surface area contributed by atoms with Gasteiger partial charge in [0.2, 0.25) is 10.0 Å². The molecule has 0 radical (unpaired) electrons. The highest BCUT2D eigenvalue weighted by Crippen LogP contribution is 2.26. The molecule has 2 bridgehead atoms. The van der Waals surface area contributed by atoms with E-state index < -0.39 is 10.0 Å². The number of hydrogen-bond donors (Lipinski definition) is 1. The van der Waals surface area contributed by atoms with E-state index in [9.17, 15) is 12.8 Å². The van der Waals surface area contributed by atoms with Crippen molar-refractivity contribution < 1.29 is 12.8 Å². The lowest BCUT2D eigenvalue weighted by atomic mass is 10.1. The molecule has 2 aliphatic rings. The molecule has 2 heterocycles. The van der Waals surface area contributed by atoms with E-state index in [1.54, 1.807) is 18.2 Å². The van der Waals surface area contributed by atoms with Gasteiger partial charge in [-0.05, 0) is 56.4 Å². The molecule has 2 atom stereocenters. The Bertz CT molecular complexity index is 637. The summed E-state index contributed by atoms with van der Waals surface area (Å²) in [7, 11) is -3.54. The molecular weight excluding hydrogens is 291 g/mol. The summed E-state index contributed by atoms with van der Waals surface area (Å²) in [6.45, 7) is 4.25. The predicted molar refractivity (Wildman–Crippen MR) is 79.2 cm³/mol. The number of nitrogens with zero attached hydrogens (tertiary/aromatic N) is 1. The Kier molecular flexibility index (Phi) is 3.80. The number of sulfonamides is 1. The second-order valence-corrected chi connectivity index (χ2v) is 8.10. The molecule has 2 saturated heterocycles. The number of rotatable bonds is 2. The Morgan fingerprint density at radius 1 is 1.14 bits per heavy atom. The van der Waals surface area contributed by atoms with Gasteiger partial charge < -0.3 is 5.32 Å². The molecule has 1 aromatic carbocycles. The van der Waals surface area contributed by atoms with Crippen LogP contribution in [0.15, 0.2) is 17.0 Å². The minimum absolute atomic E-state index is 0.205. The minimum atomic E-state index is -3.54. The second-order valence-electron chi connectivity index (χ2n) is 6.16. The lowest BCUT2D eigenvalue weighted by Gasteiger charge is -2.24. The molecule has 0 saturated carbocycles. The van der Waals surface area contributed by atoms with Crippen LogP contribution >= 0.6 is 0 Å². The maximum atomic E-state index is 13.7. The van der Waals surface area contributed by atoms with E-state index in [-0.39, 0.29) is 16.8 Å². The third-order valence-corrected chi connectivity index (χ3v) is 6.38. The average Bonchev–Trinajstić information content (AvgIpc) is 2.74. The van der Waals surface area contributed by atoms with Crippen LogP contribution in [0.4, 0.5) is 4.39 Å². The van der Waals surface area contributed by atoms with Gasteiger partial charge in [-0.15, -0.1) is 0 Å². The average molecular weight is 312 g/mol. The Labute approximate surface area is 125 Å². The summed E-state index contributed by atoms with van der Waals surface area (Å²) in [5.41, 5.74) is 0.756. The van der Waals surface area contributed by atoms with Crippen molar-refractivity contribution in [2.75, 3.05) is 13.1 Å². The van der Waals surface area contributed by atoms with E-state index in [0.717, 1.165) is 19.3 Å². The third-order valence-electron chi connectivity index (χ3n) is 4.53. The van der Waals surface area contributed by atoms with Crippen molar-refractivity contribution in [1.82, 2.24) is 9.62 Å². The zero-order valence-corrected chi connectivity index (χ0v) is 13.2. The lowest BCUT2D eigenvalue weighted by molar-refractivity contribution is 0.383. The van der Waals surface area contributed by atoms with Crippen molar-refractivity contribution >= 4 is 10.0 Å². The maximum Gasteiger partial charge on any atom is 0.243 e. The molecule has 21 heavy (non-hydrogen) atoms. The Morgan fingerprint density at radius 2 is 1.76 bits per heavy atom. The van der Waals surface area contributed by atoms with Gasteiger partial charge in [-0.1, -0.05) is 0 Å². The van der Waals surface area contributed by atoms with Crippen molar-refractivity contribution in [1.29, 1.82) is 0 Å². The first-order chi connectivity index (χ1) is 9.88. The molecule has 116 valence electrons. The van der Waals surface area contributed by atoms with Crippen LogP contribution in [0.5, 0.6) is 0 Å². The van der Waals surface area contributed by atoms with E-state index in [4.69, 9.17) is 0 Å². The van der Waals surface area contributed by atoms with Gasteiger partial charge >= 0.3 is 0 Å². The number of nitrogens with one attached hydrogen (secondary N) is 1. The topological polar surface area (TPSA) is 49.4 Å². The molecule has 0 amide bonds. The lowest BCUT2D eigenvalue weighted by Crippen LogP contribution is -2.39. The standard InChI is InChI=1S/C15H21FN2O2S/c1-10-7-14(8-11(2)15(10)16)21(19,20)18-6-5-12-3-4-13(9-18)17-12/h7-8,12-13,17H,3-6,9H2,1-2H3. The molecule has 4 nitrogen and oxygen atoms in total. The van der Waals surface area contributed by atoms with Crippen LogP contribution in [0.1, 0.15) is 30.4 Å². The van der Waals surface area contributed by atoms with Gasteiger partial charge in [0.05, 0.1) is 4.90 Å². The number of hydrogen-bond acceptors (Lipinski definition) is 3. The quantitative estimate of drug-likeness (QED) is 0.908. The van der Waals surface area contributed by atoms with Gasteiger partial charge in [-0.3, -0.25) is 0 Å². The highest BCUT2D eigenvalue weighted by atomic mass is 32.2. The molecule has 0 aromatic heterocycles. The Balaban J connectivity index is 1.93. The molecule has 1 aromatic rings. The fourth-order valence-corrected chi connectivity index (χ4v) is 5.00. The Hall–Kier alpha value is -0.980. The molecule has 0 aliphatic carbocycles. The van der Waals surface area contributed by atoms with E-state index in [2.05, 4.69) is 5.32 Å². The van der Waals surface area contributed by atoms with Crippen LogP contribution in [0.2, 0.25) is 0 Å². The van der Waals surface area contributed by atoms with Gasteiger partial charge in [-0.25, -0.2) is 12.8 Å². The fraction of sp³-hybridized carbons (Fsp3) is 0.600. The minimum Gasteiger partial charge on any atom is -0.310 e. The number of halogens is 1. The van der Waals surface area contributed by atoms with Gasteiger partial charge in [0, 0.05) is 25.2 Å². The SMILES string of the molecule is Cc1cc(S(=O)(=O)N2CCC3CCC(C2)N3)cc(C)c1F. The molecule has 2 aliphatic heterocycles. The first kappa shape index (κ1) is 14.9. The summed E-state index contributed by atoms with van der Waals surface area (Å²) in [6, 6.07) is 3.56. The maximum absolute atomic E-state index is 13.7. The molecule has 2 unspecified atom stereocenters. The molecule has 0 spiro atoms. The first-order valence-electron chi connectivity index (χ1n) is 7.41. The summed E-state index contributed by atoms with van der Waals surface area (Å²) in [6.07, 6.45) is 3.00. The number of benzene rings is 1. The summed E-state index contributed by atoms with van der Waals surface area (Å²) in [4.78, 5) is 0.205. The smallest absolute Gasteiger partial charge is 0.243 e. The van der Waals surface area contributed by atoms with Crippen LogP contribution in [0, 0.1) is 19.7 Å². The molecular formula is C15H21FN2O2S. The zero-order chi connectivity index (χ0) is 15.2. The summed E-state index contributed by atoms with van der Waals surface area (Å²) in [5.74, 6) is -0.328. The van der Waals surface area contributed by atoms with Gasteiger partial charge in [0.25, 0.3) is 0 Å². The number of aryl methyl sites for hydroxylation is 2. The Morgan fingerprint density at radius 3 is 2.43 bits per heavy atom. The summed E-state index contributed by atoms with van der Waals surface area (Å²) < 4.78 is 40.9. The highest BCUT2D eigenvalue weighted by molar-refractivity contribution is 7.89. The van der Waals surface area contributed by atoms with Crippen LogP contribution < -0.4 is 5.32 Å². The first-order valence-corrected chi connectivity index (χ1v) is 8.85. The van der Waals surface area contributed by atoms with E-state index in [0.29, 0.717) is 30.3 Å². The van der Waals surface area contributed by atoms with Gasteiger partial charge in [-0.2, -0.15) is 4.31 Å². The monoisotopic (exact) mass is 312 g/mol. The molecule has 3 rings (SSSR count). The third kappa shape index (κ3) is 2.72. The van der Waals surface area contributed by atoms with Crippen LogP contribution in [-0.4, -0.2) is 37.9 Å². The second kappa shape index (κ2) is 5.34. The van der Waals surface area contributed by atoms with E-state index in [1.165, 1.54) is 12.1 Å². The van der Waals surface area contributed by atoms with Crippen molar-refractivity contribution in [2.24, 2.45) is 0 Å². The van der Waals surface area contributed by atoms with Crippen LogP contribution in [0.3, 0.4) is 0 Å². The van der Waals surface area contributed by atoms with Gasteiger partial charge in [0.15, 0.2) is 0 Å². The number of fused-ring (bicyclic) bond motifs is 2.